The fourth-order valence-corrected chi connectivity index (χ4v) is 2.04. The minimum atomic E-state index is -2.97. The number of carbonyl (C=O) groups excluding carboxylic acids is 1. The summed E-state index contributed by atoms with van der Waals surface area (Å²) in [5, 5.41) is 13.6. The van der Waals surface area contributed by atoms with Gasteiger partial charge in [0.25, 0.3) is 5.92 Å². The average Bonchev–Trinajstić information content (AvgIpc) is 2.28. The van der Waals surface area contributed by atoms with Gasteiger partial charge in [0, 0.05) is 13.0 Å². The molecule has 1 atom stereocenters. The van der Waals surface area contributed by atoms with Crippen LogP contribution in [0.4, 0.5) is 13.6 Å². The van der Waals surface area contributed by atoms with E-state index in [1.807, 2.05) is 0 Å². The van der Waals surface area contributed by atoms with Gasteiger partial charge in [-0.3, -0.25) is 4.79 Å². The summed E-state index contributed by atoms with van der Waals surface area (Å²) in [6, 6.07) is -2.02. The van der Waals surface area contributed by atoms with Crippen LogP contribution in [0.5, 0.6) is 0 Å². The van der Waals surface area contributed by atoms with Gasteiger partial charge < -0.3 is 15.7 Å². The Morgan fingerprint density at radius 2 is 1.79 bits per heavy atom. The van der Waals surface area contributed by atoms with Crippen LogP contribution in [-0.4, -0.2) is 35.1 Å². The fraction of sp³-hybridized carbons (Fsp3) is 0.833. The molecule has 1 unspecified atom stereocenters. The Hall–Kier alpha value is -1.40. The highest BCUT2D eigenvalue weighted by molar-refractivity contribution is 5.74. The lowest BCUT2D eigenvalue weighted by Crippen LogP contribution is -2.51. The maximum atomic E-state index is 12.9. The SMILES string of the molecule is CC(NC(=O)NC1CCC(C(=O)O)CC1)C(C)(F)F. The molecule has 0 heterocycles. The molecule has 1 aliphatic carbocycles. The molecular weight excluding hydrogens is 258 g/mol. The maximum absolute atomic E-state index is 12.9. The summed E-state index contributed by atoms with van der Waals surface area (Å²) in [5.41, 5.74) is 0. The van der Waals surface area contributed by atoms with Crippen molar-refractivity contribution >= 4 is 12.0 Å². The number of nitrogens with one attached hydrogen (secondary N) is 2. The van der Waals surface area contributed by atoms with Crippen molar-refractivity contribution in [2.45, 2.75) is 57.5 Å². The van der Waals surface area contributed by atoms with Gasteiger partial charge in [-0.2, -0.15) is 0 Å². The Kier molecular flexibility index (Phi) is 5.08. The second-order valence-electron chi connectivity index (χ2n) is 5.18. The number of carbonyl (C=O) groups is 2. The van der Waals surface area contributed by atoms with Gasteiger partial charge in [-0.1, -0.05) is 0 Å². The number of hydrogen-bond donors (Lipinski definition) is 3. The molecule has 0 spiro atoms. The number of halogens is 2. The Labute approximate surface area is 110 Å². The zero-order chi connectivity index (χ0) is 14.6. The third-order valence-electron chi connectivity index (χ3n) is 3.52. The molecule has 2 amide bonds. The van der Waals surface area contributed by atoms with Gasteiger partial charge in [-0.05, 0) is 32.6 Å². The molecule has 5 nitrogen and oxygen atoms in total. The third kappa shape index (κ3) is 5.00. The molecule has 0 aromatic carbocycles. The van der Waals surface area contributed by atoms with Crippen molar-refractivity contribution in [1.82, 2.24) is 10.6 Å². The molecule has 0 aromatic rings. The quantitative estimate of drug-likeness (QED) is 0.735. The largest absolute Gasteiger partial charge is 0.481 e. The van der Waals surface area contributed by atoms with Crippen LogP contribution in [0.3, 0.4) is 0 Å². The molecule has 0 radical (unpaired) electrons. The number of rotatable bonds is 4. The van der Waals surface area contributed by atoms with Gasteiger partial charge >= 0.3 is 12.0 Å². The standard InChI is InChI=1S/C12H20F2N2O3/c1-7(12(2,13)14)15-11(19)16-9-5-3-8(4-6-9)10(17)18/h7-9H,3-6H2,1-2H3,(H,17,18)(H2,15,16,19). The van der Waals surface area contributed by atoms with Gasteiger partial charge in [0.1, 0.15) is 0 Å². The first-order valence-electron chi connectivity index (χ1n) is 6.37. The smallest absolute Gasteiger partial charge is 0.315 e. The molecular formula is C12H20F2N2O3. The molecule has 0 aliphatic heterocycles. The normalized spacial score (nSPS) is 25.5. The van der Waals surface area contributed by atoms with Crippen molar-refractivity contribution in [3.05, 3.63) is 0 Å². The van der Waals surface area contributed by atoms with E-state index in [-0.39, 0.29) is 12.0 Å². The van der Waals surface area contributed by atoms with E-state index in [9.17, 15) is 18.4 Å². The molecule has 0 saturated heterocycles. The third-order valence-corrected chi connectivity index (χ3v) is 3.52. The number of urea groups is 1. The van der Waals surface area contributed by atoms with E-state index in [2.05, 4.69) is 10.6 Å². The lowest BCUT2D eigenvalue weighted by atomic mass is 9.86. The minimum Gasteiger partial charge on any atom is -0.481 e. The van der Waals surface area contributed by atoms with Crippen molar-refractivity contribution in [3.63, 3.8) is 0 Å². The topological polar surface area (TPSA) is 78.4 Å². The van der Waals surface area contributed by atoms with Crippen LogP contribution < -0.4 is 10.6 Å². The van der Waals surface area contributed by atoms with Gasteiger partial charge in [0.15, 0.2) is 0 Å². The van der Waals surface area contributed by atoms with Crippen LogP contribution in [0.2, 0.25) is 0 Å². The number of carboxylic acids is 1. The Balaban J connectivity index is 2.33. The number of aliphatic carboxylic acids is 1. The maximum Gasteiger partial charge on any atom is 0.315 e. The zero-order valence-electron chi connectivity index (χ0n) is 11.1. The zero-order valence-corrected chi connectivity index (χ0v) is 11.1. The van der Waals surface area contributed by atoms with Crippen LogP contribution in [0.25, 0.3) is 0 Å². The van der Waals surface area contributed by atoms with E-state index in [0.717, 1.165) is 6.92 Å². The molecule has 110 valence electrons. The molecule has 0 aromatic heterocycles. The highest BCUT2D eigenvalue weighted by Gasteiger charge is 2.32. The predicted octanol–water partition coefficient (Wildman–Crippen LogP) is 1.97. The van der Waals surface area contributed by atoms with E-state index in [1.165, 1.54) is 6.92 Å². The van der Waals surface area contributed by atoms with Crippen molar-refractivity contribution in [1.29, 1.82) is 0 Å². The molecule has 7 heteroatoms. The molecule has 1 rings (SSSR count). The molecule has 3 N–H and O–H groups in total. The summed E-state index contributed by atoms with van der Waals surface area (Å²) in [4.78, 5) is 22.3. The van der Waals surface area contributed by atoms with Crippen molar-refractivity contribution in [3.8, 4) is 0 Å². The predicted molar refractivity (Wildman–Crippen MR) is 65.1 cm³/mol. The first kappa shape index (κ1) is 15.7. The van der Waals surface area contributed by atoms with Crippen molar-refractivity contribution < 1.29 is 23.5 Å². The Bertz CT molecular complexity index is 336. The first-order valence-corrected chi connectivity index (χ1v) is 6.37. The molecule has 0 bridgehead atoms. The lowest BCUT2D eigenvalue weighted by Gasteiger charge is -2.28. The average molecular weight is 278 g/mol. The summed E-state index contributed by atoms with van der Waals surface area (Å²) in [6.07, 6.45) is 2.11. The number of amides is 2. The van der Waals surface area contributed by atoms with Gasteiger partial charge in [0.2, 0.25) is 0 Å². The summed E-state index contributed by atoms with van der Waals surface area (Å²) < 4.78 is 25.8. The van der Waals surface area contributed by atoms with Crippen LogP contribution >= 0.6 is 0 Å². The van der Waals surface area contributed by atoms with Crippen molar-refractivity contribution in [2.24, 2.45) is 5.92 Å². The number of alkyl halides is 2. The van der Waals surface area contributed by atoms with Crippen LogP contribution in [0.15, 0.2) is 0 Å². The highest BCUT2D eigenvalue weighted by Crippen LogP contribution is 2.24. The number of carboxylic acid groups (broad SMARTS) is 1. The van der Waals surface area contributed by atoms with Crippen molar-refractivity contribution in [2.75, 3.05) is 0 Å². The van der Waals surface area contributed by atoms with E-state index in [1.54, 1.807) is 0 Å². The minimum absolute atomic E-state index is 0.145. The molecule has 1 saturated carbocycles. The second-order valence-corrected chi connectivity index (χ2v) is 5.18. The first-order chi connectivity index (χ1) is 8.70. The lowest BCUT2D eigenvalue weighted by molar-refractivity contribution is -0.142. The van der Waals surface area contributed by atoms with E-state index >= 15 is 0 Å². The molecule has 1 fully saturated rings. The molecule has 19 heavy (non-hydrogen) atoms. The summed E-state index contributed by atoms with van der Waals surface area (Å²) >= 11 is 0. The second kappa shape index (κ2) is 6.16. The summed E-state index contributed by atoms with van der Waals surface area (Å²) in [6.45, 7) is 1.98. The van der Waals surface area contributed by atoms with Gasteiger partial charge in [0.05, 0.1) is 12.0 Å². The molecule has 1 aliphatic rings. The van der Waals surface area contributed by atoms with E-state index in [0.29, 0.717) is 25.7 Å². The van der Waals surface area contributed by atoms with Crippen LogP contribution in [0, 0.1) is 5.92 Å². The summed E-state index contributed by atoms with van der Waals surface area (Å²) in [5.74, 6) is -4.15. The monoisotopic (exact) mass is 278 g/mol. The number of hydrogen-bond acceptors (Lipinski definition) is 2. The van der Waals surface area contributed by atoms with E-state index in [4.69, 9.17) is 5.11 Å². The summed E-state index contributed by atoms with van der Waals surface area (Å²) in [7, 11) is 0. The van der Waals surface area contributed by atoms with E-state index < -0.39 is 24.0 Å². The van der Waals surface area contributed by atoms with Gasteiger partial charge in [-0.15, -0.1) is 0 Å². The van der Waals surface area contributed by atoms with Crippen LogP contribution in [0.1, 0.15) is 39.5 Å². The fourth-order valence-electron chi connectivity index (χ4n) is 2.04. The van der Waals surface area contributed by atoms with Crippen LogP contribution in [-0.2, 0) is 4.79 Å². The Morgan fingerprint density at radius 1 is 1.26 bits per heavy atom. The highest BCUT2D eigenvalue weighted by atomic mass is 19.3. The Morgan fingerprint density at radius 3 is 2.21 bits per heavy atom. The van der Waals surface area contributed by atoms with Gasteiger partial charge in [-0.25, -0.2) is 13.6 Å².